The van der Waals surface area contributed by atoms with Crippen LogP contribution in [0.5, 0.6) is 0 Å². The van der Waals surface area contributed by atoms with E-state index in [0.29, 0.717) is 0 Å². The smallest absolute Gasteiger partial charge is 0.0401 e. The summed E-state index contributed by atoms with van der Waals surface area (Å²) < 4.78 is 0. The predicted octanol–water partition coefficient (Wildman–Crippen LogP) is 4.37. The Morgan fingerprint density at radius 1 is 0.938 bits per heavy atom. The lowest BCUT2D eigenvalue weighted by Gasteiger charge is -2.01. The molecule has 1 heterocycles. The van der Waals surface area contributed by atoms with Crippen LogP contribution < -0.4 is 0 Å². The topological polar surface area (TPSA) is 12.9 Å². The molecule has 16 heavy (non-hydrogen) atoms. The molecule has 0 aliphatic rings. The number of hydrogen-bond donors (Lipinski definition) is 1. The molecule has 2 aromatic rings. The molecule has 84 valence electrons. The first-order chi connectivity index (χ1) is 7.75. The van der Waals surface area contributed by atoms with E-state index in [2.05, 4.69) is 48.8 Å². The molecule has 1 nitrogen and oxygen atoms in total. The summed E-state index contributed by atoms with van der Waals surface area (Å²) in [5.41, 5.74) is 3.56. The van der Waals surface area contributed by atoms with Gasteiger partial charge in [0, 0.05) is 22.9 Å². The number of thiol groups is 1. The average molecular weight is 231 g/mol. The number of nitrogens with zero attached hydrogens (tertiary/aromatic N) is 1. The zero-order valence-electron chi connectivity index (χ0n) is 9.94. The van der Waals surface area contributed by atoms with Gasteiger partial charge in [0.2, 0.25) is 0 Å². The van der Waals surface area contributed by atoms with E-state index in [1.165, 1.54) is 11.1 Å². The molecule has 0 bridgehead atoms. The van der Waals surface area contributed by atoms with E-state index in [9.17, 15) is 0 Å². The number of pyridine rings is 1. The first kappa shape index (κ1) is 12.8. The molecule has 1 aromatic heterocycles. The zero-order chi connectivity index (χ0) is 12.0. The quantitative estimate of drug-likeness (QED) is 0.719. The van der Waals surface area contributed by atoms with Crippen LogP contribution in [0.2, 0.25) is 0 Å². The van der Waals surface area contributed by atoms with Crippen molar-refractivity contribution in [1.82, 2.24) is 4.98 Å². The minimum Gasteiger partial charge on any atom is -0.263 e. The van der Waals surface area contributed by atoms with E-state index >= 15 is 0 Å². The Balaban J connectivity index is 0.000000606. The Bertz CT molecular complexity index is 435. The molecule has 0 saturated heterocycles. The van der Waals surface area contributed by atoms with Crippen molar-refractivity contribution in [3.63, 3.8) is 0 Å². The standard InChI is InChI=1S/C12H11NS.C2H6/c1-9-2-4-10(5-3-9)11-6-12(14)8-13-7-11;1-2/h2-8,14H,1H3;1-2H3. The second-order valence-corrected chi connectivity index (χ2v) is 3.81. The SMILES string of the molecule is CC.Cc1ccc(-c2cncc(S)c2)cc1. The fourth-order valence-electron chi connectivity index (χ4n) is 1.33. The van der Waals surface area contributed by atoms with E-state index in [-0.39, 0.29) is 0 Å². The van der Waals surface area contributed by atoms with Crippen molar-refractivity contribution < 1.29 is 0 Å². The van der Waals surface area contributed by atoms with Crippen LogP contribution in [0.1, 0.15) is 19.4 Å². The summed E-state index contributed by atoms with van der Waals surface area (Å²) in [7, 11) is 0. The first-order valence-corrected chi connectivity index (χ1v) is 5.91. The second-order valence-electron chi connectivity index (χ2n) is 3.30. The van der Waals surface area contributed by atoms with Crippen LogP contribution >= 0.6 is 12.6 Å². The highest BCUT2D eigenvalue weighted by atomic mass is 32.1. The van der Waals surface area contributed by atoms with Gasteiger partial charge in [0.05, 0.1) is 0 Å². The molecule has 0 unspecified atom stereocenters. The van der Waals surface area contributed by atoms with Crippen molar-refractivity contribution in [1.29, 1.82) is 0 Å². The van der Waals surface area contributed by atoms with Crippen molar-refractivity contribution in [2.45, 2.75) is 25.7 Å². The van der Waals surface area contributed by atoms with Gasteiger partial charge in [0.15, 0.2) is 0 Å². The molecule has 0 spiro atoms. The number of hydrogen-bond acceptors (Lipinski definition) is 2. The molecule has 2 rings (SSSR count). The summed E-state index contributed by atoms with van der Waals surface area (Å²) in [6, 6.07) is 10.4. The van der Waals surface area contributed by atoms with Gasteiger partial charge < -0.3 is 0 Å². The molecule has 0 N–H and O–H groups in total. The van der Waals surface area contributed by atoms with Gasteiger partial charge in [-0.25, -0.2) is 0 Å². The Morgan fingerprint density at radius 2 is 1.56 bits per heavy atom. The largest absolute Gasteiger partial charge is 0.263 e. The van der Waals surface area contributed by atoms with Crippen molar-refractivity contribution in [2.75, 3.05) is 0 Å². The summed E-state index contributed by atoms with van der Waals surface area (Å²) in [4.78, 5) is 5.00. The van der Waals surface area contributed by atoms with Crippen LogP contribution in [-0.4, -0.2) is 4.98 Å². The third kappa shape index (κ3) is 3.38. The Kier molecular flexibility index (Phi) is 5.06. The van der Waals surface area contributed by atoms with Crippen molar-refractivity contribution in [3.05, 3.63) is 48.3 Å². The summed E-state index contributed by atoms with van der Waals surface area (Å²) in [5.74, 6) is 0. The lowest BCUT2D eigenvalue weighted by molar-refractivity contribution is 1.24. The highest BCUT2D eigenvalue weighted by Crippen LogP contribution is 2.20. The maximum atomic E-state index is 4.26. The Labute approximate surface area is 103 Å². The average Bonchev–Trinajstić information content (AvgIpc) is 2.32. The lowest BCUT2D eigenvalue weighted by atomic mass is 10.1. The summed E-state index contributed by atoms with van der Waals surface area (Å²) in [5, 5.41) is 0. The van der Waals surface area contributed by atoms with Gasteiger partial charge in [-0.3, -0.25) is 4.98 Å². The highest BCUT2D eigenvalue weighted by molar-refractivity contribution is 7.80. The van der Waals surface area contributed by atoms with Gasteiger partial charge >= 0.3 is 0 Å². The molecule has 1 aromatic carbocycles. The van der Waals surface area contributed by atoms with Gasteiger partial charge in [-0.15, -0.1) is 12.6 Å². The minimum atomic E-state index is 0.892. The molecular formula is C14H17NS. The summed E-state index contributed by atoms with van der Waals surface area (Å²) in [6.07, 6.45) is 3.59. The molecule has 0 fully saturated rings. The third-order valence-corrected chi connectivity index (χ3v) is 2.35. The van der Waals surface area contributed by atoms with Crippen LogP contribution in [0, 0.1) is 6.92 Å². The van der Waals surface area contributed by atoms with E-state index in [4.69, 9.17) is 0 Å². The molecule has 0 amide bonds. The molecule has 0 aliphatic heterocycles. The molecule has 0 radical (unpaired) electrons. The second kappa shape index (κ2) is 6.33. The Hall–Kier alpha value is -1.28. The lowest BCUT2D eigenvalue weighted by Crippen LogP contribution is -1.80. The van der Waals surface area contributed by atoms with Crippen LogP contribution in [0.4, 0.5) is 0 Å². The van der Waals surface area contributed by atoms with Gasteiger partial charge in [-0.2, -0.15) is 0 Å². The zero-order valence-corrected chi connectivity index (χ0v) is 10.8. The molecule has 0 atom stereocenters. The molecule has 2 heteroatoms. The maximum absolute atomic E-state index is 4.26. The van der Waals surface area contributed by atoms with Gasteiger partial charge in [0.1, 0.15) is 0 Å². The van der Waals surface area contributed by atoms with Gasteiger partial charge in [-0.05, 0) is 18.6 Å². The van der Waals surface area contributed by atoms with E-state index in [1.54, 1.807) is 6.20 Å². The van der Waals surface area contributed by atoms with Crippen molar-refractivity contribution in [3.8, 4) is 11.1 Å². The van der Waals surface area contributed by atoms with Crippen LogP contribution in [0.25, 0.3) is 11.1 Å². The number of aryl methyl sites for hydroxylation is 1. The summed E-state index contributed by atoms with van der Waals surface area (Å²) >= 11 is 4.26. The van der Waals surface area contributed by atoms with Gasteiger partial charge in [-0.1, -0.05) is 43.7 Å². The number of aromatic nitrogens is 1. The first-order valence-electron chi connectivity index (χ1n) is 5.47. The summed E-state index contributed by atoms with van der Waals surface area (Å²) in [6.45, 7) is 6.08. The number of rotatable bonds is 1. The van der Waals surface area contributed by atoms with Crippen LogP contribution in [0.15, 0.2) is 47.6 Å². The molecule has 0 aliphatic carbocycles. The highest BCUT2D eigenvalue weighted by Gasteiger charge is 1.97. The Morgan fingerprint density at radius 3 is 2.12 bits per heavy atom. The van der Waals surface area contributed by atoms with E-state index in [1.807, 2.05) is 26.1 Å². The minimum absolute atomic E-state index is 0.892. The maximum Gasteiger partial charge on any atom is 0.0401 e. The third-order valence-electron chi connectivity index (χ3n) is 2.11. The normalized spacial score (nSPS) is 9.25. The van der Waals surface area contributed by atoms with E-state index < -0.39 is 0 Å². The number of benzene rings is 1. The fourth-order valence-corrected chi connectivity index (χ4v) is 1.54. The monoisotopic (exact) mass is 231 g/mol. The fraction of sp³-hybridized carbons (Fsp3) is 0.214. The molecule has 0 saturated carbocycles. The van der Waals surface area contributed by atoms with Gasteiger partial charge in [0.25, 0.3) is 0 Å². The van der Waals surface area contributed by atoms with E-state index in [0.717, 1.165) is 10.5 Å². The van der Waals surface area contributed by atoms with Crippen molar-refractivity contribution in [2.24, 2.45) is 0 Å². The molecular weight excluding hydrogens is 214 g/mol. The van der Waals surface area contributed by atoms with Crippen LogP contribution in [-0.2, 0) is 0 Å². The predicted molar refractivity (Wildman–Crippen MR) is 73.0 cm³/mol. The van der Waals surface area contributed by atoms with Crippen LogP contribution in [0.3, 0.4) is 0 Å². The van der Waals surface area contributed by atoms with Crippen molar-refractivity contribution >= 4 is 12.6 Å².